The van der Waals surface area contributed by atoms with E-state index in [2.05, 4.69) is 48.2 Å². The Labute approximate surface area is 170 Å². The molecule has 2 aromatic rings. The van der Waals surface area contributed by atoms with Crippen LogP contribution in [0.25, 0.3) is 0 Å². The molecule has 6 nitrogen and oxygen atoms in total. The van der Waals surface area contributed by atoms with Crippen LogP contribution in [0.1, 0.15) is 75.7 Å². The third kappa shape index (κ3) is 5.22. The van der Waals surface area contributed by atoms with Crippen LogP contribution in [0.5, 0.6) is 0 Å². The Morgan fingerprint density at radius 2 is 1.89 bits per heavy atom. The summed E-state index contributed by atoms with van der Waals surface area (Å²) in [5.41, 5.74) is 2.35. The molecular weight excluding hydrogens is 372 g/mol. The van der Waals surface area contributed by atoms with E-state index in [1.54, 1.807) is 10.9 Å². The van der Waals surface area contributed by atoms with Crippen molar-refractivity contribution in [2.75, 3.05) is 5.75 Å². The third-order valence-corrected chi connectivity index (χ3v) is 5.92. The summed E-state index contributed by atoms with van der Waals surface area (Å²) >= 11 is 1.09. The van der Waals surface area contributed by atoms with E-state index in [4.69, 9.17) is 0 Å². The maximum absolute atomic E-state index is 10.9. The van der Waals surface area contributed by atoms with Crippen molar-refractivity contribution in [1.82, 2.24) is 14.9 Å². The van der Waals surface area contributed by atoms with Crippen LogP contribution in [-0.4, -0.2) is 32.8 Å². The summed E-state index contributed by atoms with van der Waals surface area (Å²) in [6.45, 7) is 6.56. The summed E-state index contributed by atoms with van der Waals surface area (Å²) in [5, 5.41) is 24.5. The molecule has 1 aromatic carbocycles. The average Bonchev–Trinajstić information content (AvgIpc) is 3.08. The summed E-state index contributed by atoms with van der Waals surface area (Å²) in [7, 11) is 0. The minimum absolute atomic E-state index is 0.104. The lowest BCUT2D eigenvalue weighted by molar-refractivity contribution is -0.301. The standard InChI is InChI=1S/C21H28N4O2S/c1-21(2,3)17-11-9-15(10-12-17)13-22-25-19(16-7-5-4-6-8-16)23-24-20(25)28-14-18(26)27/h9-13,16H,4-8,14H2,1-3H3,(H,26,27)/p-1/b22-13-. The fourth-order valence-electron chi connectivity index (χ4n) is 3.41. The molecule has 1 aromatic heterocycles. The minimum Gasteiger partial charge on any atom is -0.549 e. The number of carbonyl (C=O) groups excluding carboxylic acids is 1. The molecule has 0 spiro atoms. The van der Waals surface area contributed by atoms with Crippen LogP contribution < -0.4 is 5.11 Å². The number of carbonyl (C=O) groups is 1. The molecular formula is C21H27N4O2S-. The molecule has 1 aliphatic rings. The van der Waals surface area contributed by atoms with Gasteiger partial charge in [0.05, 0.1) is 12.2 Å². The molecule has 7 heteroatoms. The summed E-state index contributed by atoms with van der Waals surface area (Å²) in [4.78, 5) is 10.9. The zero-order valence-corrected chi connectivity index (χ0v) is 17.5. The summed E-state index contributed by atoms with van der Waals surface area (Å²) in [6.07, 6.45) is 7.53. The van der Waals surface area contributed by atoms with Crippen molar-refractivity contribution < 1.29 is 9.90 Å². The third-order valence-electron chi connectivity index (χ3n) is 5.02. The van der Waals surface area contributed by atoms with Crippen molar-refractivity contribution in [2.24, 2.45) is 5.10 Å². The Morgan fingerprint density at radius 3 is 2.50 bits per heavy atom. The SMILES string of the molecule is CC(C)(C)c1ccc(/C=N\n2c(SCC(=O)[O-])nnc2C2CCCCC2)cc1. The molecule has 3 rings (SSSR count). The maximum Gasteiger partial charge on any atom is 0.212 e. The lowest BCUT2D eigenvalue weighted by atomic mass is 9.87. The molecule has 1 saturated carbocycles. The number of carboxylic acids is 1. The van der Waals surface area contributed by atoms with Gasteiger partial charge in [0.1, 0.15) is 0 Å². The van der Waals surface area contributed by atoms with E-state index in [0.717, 1.165) is 36.0 Å². The van der Waals surface area contributed by atoms with Crippen LogP contribution in [0.2, 0.25) is 0 Å². The minimum atomic E-state index is -1.12. The monoisotopic (exact) mass is 399 g/mol. The van der Waals surface area contributed by atoms with Gasteiger partial charge >= 0.3 is 0 Å². The van der Waals surface area contributed by atoms with Crippen molar-refractivity contribution >= 4 is 23.9 Å². The van der Waals surface area contributed by atoms with Crippen LogP contribution in [-0.2, 0) is 10.2 Å². The number of hydrogen-bond acceptors (Lipinski definition) is 6. The van der Waals surface area contributed by atoms with Crippen LogP contribution in [0.3, 0.4) is 0 Å². The fraction of sp³-hybridized carbons (Fsp3) is 0.524. The molecule has 0 aliphatic heterocycles. The second-order valence-electron chi connectivity index (χ2n) is 8.26. The molecule has 0 bridgehead atoms. The lowest BCUT2D eigenvalue weighted by Crippen LogP contribution is -2.24. The molecule has 0 saturated heterocycles. The Hall–Kier alpha value is -2.15. The Bertz CT molecular complexity index is 831. The van der Waals surface area contributed by atoms with Crippen molar-refractivity contribution in [2.45, 2.75) is 69.4 Å². The molecule has 150 valence electrons. The smallest absolute Gasteiger partial charge is 0.212 e. The van der Waals surface area contributed by atoms with Gasteiger partial charge in [-0.15, -0.1) is 10.2 Å². The zero-order valence-electron chi connectivity index (χ0n) is 16.7. The predicted molar refractivity (Wildman–Crippen MR) is 110 cm³/mol. The van der Waals surface area contributed by atoms with Crippen molar-refractivity contribution in [3.63, 3.8) is 0 Å². The van der Waals surface area contributed by atoms with Crippen molar-refractivity contribution in [1.29, 1.82) is 0 Å². The summed E-state index contributed by atoms with van der Waals surface area (Å²) in [6, 6.07) is 8.31. The number of aromatic nitrogens is 3. The molecule has 0 amide bonds. The van der Waals surface area contributed by atoms with E-state index < -0.39 is 5.97 Å². The van der Waals surface area contributed by atoms with Crippen molar-refractivity contribution in [3.8, 4) is 0 Å². The second-order valence-corrected chi connectivity index (χ2v) is 9.21. The van der Waals surface area contributed by atoms with E-state index in [1.165, 1.54) is 24.8 Å². The molecule has 0 atom stereocenters. The van der Waals surface area contributed by atoms with E-state index in [1.807, 2.05) is 12.1 Å². The summed E-state index contributed by atoms with van der Waals surface area (Å²) < 4.78 is 1.71. The highest BCUT2D eigenvalue weighted by molar-refractivity contribution is 7.99. The van der Waals surface area contributed by atoms with Gasteiger partial charge in [0.15, 0.2) is 5.82 Å². The first-order valence-corrected chi connectivity index (χ1v) is 10.8. The van der Waals surface area contributed by atoms with Gasteiger partial charge in [0.2, 0.25) is 5.16 Å². The highest BCUT2D eigenvalue weighted by Gasteiger charge is 2.23. The van der Waals surface area contributed by atoms with Gasteiger partial charge in [-0.3, -0.25) is 0 Å². The molecule has 1 heterocycles. The number of hydrogen-bond donors (Lipinski definition) is 0. The van der Waals surface area contributed by atoms with E-state index in [9.17, 15) is 9.90 Å². The Kier molecular flexibility index (Phi) is 6.54. The molecule has 28 heavy (non-hydrogen) atoms. The zero-order chi connectivity index (χ0) is 20.1. The topological polar surface area (TPSA) is 83.2 Å². The number of nitrogens with zero attached hydrogens (tertiary/aromatic N) is 4. The van der Waals surface area contributed by atoms with Crippen LogP contribution >= 0.6 is 11.8 Å². The van der Waals surface area contributed by atoms with Gasteiger partial charge in [-0.25, -0.2) is 0 Å². The predicted octanol–water partition coefficient (Wildman–Crippen LogP) is 3.35. The first-order valence-electron chi connectivity index (χ1n) is 9.77. The normalized spacial score (nSPS) is 16.0. The number of carboxylic acid groups (broad SMARTS) is 1. The van der Waals surface area contributed by atoms with Crippen molar-refractivity contribution in [3.05, 3.63) is 41.2 Å². The van der Waals surface area contributed by atoms with E-state index in [-0.39, 0.29) is 11.2 Å². The molecule has 0 N–H and O–H groups in total. The van der Waals surface area contributed by atoms with Gasteiger partial charge in [-0.1, -0.05) is 76.1 Å². The van der Waals surface area contributed by atoms with Gasteiger partial charge in [-0.05, 0) is 29.4 Å². The maximum atomic E-state index is 10.9. The van der Waals surface area contributed by atoms with Gasteiger partial charge in [-0.2, -0.15) is 9.78 Å². The molecule has 1 fully saturated rings. The number of thioether (sulfide) groups is 1. The Morgan fingerprint density at radius 1 is 1.21 bits per heavy atom. The van der Waals surface area contributed by atoms with Crippen LogP contribution in [0.15, 0.2) is 34.5 Å². The Balaban J connectivity index is 1.86. The lowest BCUT2D eigenvalue weighted by Gasteiger charge is -2.20. The fourth-order valence-corrected chi connectivity index (χ4v) is 4.02. The highest BCUT2D eigenvalue weighted by atomic mass is 32.2. The summed E-state index contributed by atoms with van der Waals surface area (Å²) in [5.74, 6) is -0.152. The number of benzene rings is 1. The molecule has 0 radical (unpaired) electrons. The average molecular weight is 400 g/mol. The van der Waals surface area contributed by atoms with Gasteiger partial charge < -0.3 is 9.90 Å². The number of rotatable bonds is 6. The number of aliphatic carboxylic acids is 1. The molecule has 1 aliphatic carbocycles. The molecule has 0 unspecified atom stereocenters. The van der Waals surface area contributed by atoms with Gasteiger partial charge in [0.25, 0.3) is 0 Å². The first kappa shape index (κ1) is 20.6. The quantitative estimate of drug-likeness (QED) is 0.549. The van der Waals surface area contributed by atoms with Crippen LogP contribution in [0.4, 0.5) is 0 Å². The first-order chi connectivity index (χ1) is 13.3. The highest BCUT2D eigenvalue weighted by Crippen LogP contribution is 2.33. The second kappa shape index (κ2) is 8.90. The van der Waals surface area contributed by atoms with Crippen LogP contribution in [0, 0.1) is 0 Å². The van der Waals surface area contributed by atoms with Gasteiger partial charge in [0, 0.05) is 11.7 Å². The largest absolute Gasteiger partial charge is 0.549 e. The van der Waals surface area contributed by atoms with E-state index in [0.29, 0.717) is 11.1 Å². The van der Waals surface area contributed by atoms with E-state index >= 15 is 0 Å².